The molecule has 0 atom stereocenters. The Labute approximate surface area is 118 Å². The van der Waals surface area contributed by atoms with Crippen molar-refractivity contribution in [2.75, 3.05) is 14.2 Å². The van der Waals surface area contributed by atoms with Crippen LogP contribution in [-0.4, -0.2) is 23.8 Å². The van der Waals surface area contributed by atoms with E-state index in [0.717, 1.165) is 36.1 Å². The van der Waals surface area contributed by atoms with Gasteiger partial charge < -0.3 is 14.0 Å². The predicted octanol–water partition coefficient (Wildman–Crippen LogP) is 2.92. The second-order valence-corrected chi connectivity index (χ2v) is 4.57. The van der Waals surface area contributed by atoms with E-state index in [2.05, 4.69) is 18.0 Å². The fraction of sp³-hybridized carbons (Fsp3) is 0.467. The molecular weight excluding hydrogens is 254 g/mol. The Morgan fingerprint density at radius 2 is 1.95 bits per heavy atom. The van der Waals surface area contributed by atoms with Crippen molar-refractivity contribution in [3.8, 4) is 17.6 Å². The molecule has 0 aliphatic heterocycles. The minimum atomic E-state index is 0.297. The largest absolute Gasteiger partial charge is 0.493 e. The van der Waals surface area contributed by atoms with Crippen molar-refractivity contribution >= 4 is 11.0 Å². The van der Waals surface area contributed by atoms with Gasteiger partial charge in [0, 0.05) is 18.6 Å². The van der Waals surface area contributed by atoms with Crippen molar-refractivity contribution in [2.24, 2.45) is 0 Å². The first-order valence-electron chi connectivity index (χ1n) is 6.73. The molecule has 0 amide bonds. The Kier molecular flexibility index (Phi) is 4.46. The second kappa shape index (κ2) is 6.29. The lowest BCUT2D eigenvalue weighted by atomic mass is 10.2. The fourth-order valence-electron chi connectivity index (χ4n) is 2.27. The van der Waals surface area contributed by atoms with Gasteiger partial charge in [0.2, 0.25) is 0 Å². The van der Waals surface area contributed by atoms with Gasteiger partial charge in [-0.2, -0.15) is 5.26 Å². The van der Waals surface area contributed by atoms with Crippen LogP contribution >= 0.6 is 0 Å². The van der Waals surface area contributed by atoms with Crippen LogP contribution in [-0.2, 0) is 13.0 Å². The molecule has 0 aliphatic carbocycles. The predicted molar refractivity (Wildman–Crippen MR) is 77.1 cm³/mol. The number of rotatable bonds is 6. The van der Waals surface area contributed by atoms with Gasteiger partial charge in [-0.3, -0.25) is 0 Å². The van der Waals surface area contributed by atoms with E-state index in [4.69, 9.17) is 14.7 Å². The summed E-state index contributed by atoms with van der Waals surface area (Å²) in [5.74, 6) is 2.25. The van der Waals surface area contributed by atoms with Gasteiger partial charge in [0.05, 0.1) is 31.3 Å². The molecule has 1 aromatic carbocycles. The average Bonchev–Trinajstić information content (AvgIpc) is 2.81. The molecule has 1 heterocycles. The van der Waals surface area contributed by atoms with E-state index in [1.807, 2.05) is 16.7 Å². The van der Waals surface area contributed by atoms with Gasteiger partial charge in [-0.15, -0.1) is 0 Å². The van der Waals surface area contributed by atoms with Gasteiger partial charge in [0.1, 0.15) is 12.4 Å². The van der Waals surface area contributed by atoms with Crippen LogP contribution in [0.2, 0.25) is 0 Å². The quantitative estimate of drug-likeness (QED) is 0.812. The molecule has 0 saturated carbocycles. The van der Waals surface area contributed by atoms with Crippen molar-refractivity contribution in [1.82, 2.24) is 9.55 Å². The number of methoxy groups -OCH3 is 2. The summed E-state index contributed by atoms with van der Waals surface area (Å²) in [4.78, 5) is 4.63. The number of unbranched alkanes of at least 4 members (excludes halogenated alkanes) is 1. The summed E-state index contributed by atoms with van der Waals surface area (Å²) in [6, 6.07) is 5.94. The number of aryl methyl sites for hydroxylation is 1. The van der Waals surface area contributed by atoms with E-state index in [0.29, 0.717) is 18.0 Å². The van der Waals surface area contributed by atoms with Crippen molar-refractivity contribution < 1.29 is 9.47 Å². The van der Waals surface area contributed by atoms with Crippen molar-refractivity contribution in [3.05, 3.63) is 18.0 Å². The molecular formula is C15H19N3O2. The number of fused-ring (bicyclic) bond motifs is 1. The number of ether oxygens (including phenoxy) is 2. The van der Waals surface area contributed by atoms with Gasteiger partial charge >= 0.3 is 0 Å². The maximum absolute atomic E-state index is 9.02. The van der Waals surface area contributed by atoms with Gasteiger partial charge in [-0.25, -0.2) is 4.98 Å². The molecule has 0 unspecified atom stereocenters. The van der Waals surface area contributed by atoms with E-state index in [1.54, 1.807) is 14.2 Å². The maximum atomic E-state index is 9.02. The molecule has 0 spiro atoms. The Morgan fingerprint density at radius 3 is 2.55 bits per heavy atom. The Balaban J connectivity index is 2.58. The first-order valence-corrected chi connectivity index (χ1v) is 6.73. The van der Waals surface area contributed by atoms with Crippen LogP contribution in [0.1, 0.15) is 25.6 Å². The van der Waals surface area contributed by atoms with E-state index in [-0.39, 0.29) is 0 Å². The standard InChI is InChI=1S/C15H19N3O2/c1-4-5-6-15-17-11-9-13(19-2)14(20-3)10-12(11)18(15)8-7-16/h9-10H,4-6,8H2,1-3H3. The third-order valence-electron chi connectivity index (χ3n) is 3.32. The Hall–Kier alpha value is -2.22. The van der Waals surface area contributed by atoms with E-state index < -0.39 is 0 Å². The average molecular weight is 273 g/mol. The first-order chi connectivity index (χ1) is 9.74. The number of nitriles is 1. The number of hydrogen-bond acceptors (Lipinski definition) is 4. The van der Waals surface area contributed by atoms with Gasteiger partial charge in [0.25, 0.3) is 0 Å². The first kappa shape index (κ1) is 14.2. The van der Waals surface area contributed by atoms with Crippen LogP contribution in [0.3, 0.4) is 0 Å². The van der Waals surface area contributed by atoms with E-state index >= 15 is 0 Å². The van der Waals surface area contributed by atoms with Gasteiger partial charge in [-0.1, -0.05) is 13.3 Å². The van der Waals surface area contributed by atoms with E-state index in [1.165, 1.54) is 0 Å². The topological polar surface area (TPSA) is 60.1 Å². The number of hydrogen-bond donors (Lipinski definition) is 0. The summed E-state index contributed by atoms with van der Waals surface area (Å²) >= 11 is 0. The second-order valence-electron chi connectivity index (χ2n) is 4.57. The highest BCUT2D eigenvalue weighted by molar-refractivity contribution is 5.80. The van der Waals surface area contributed by atoms with Gasteiger partial charge in [0.15, 0.2) is 11.5 Å². The normalized spacial score (nSPS) is 10.5. The SMILES string of the molecule is CCCCc1nc2cc(OC)c(OC)cc2n1CC#N. The number of benzene rings is 1. The summed E-state index contributed by atoms with van der Waals surface area (Å²) < 4.78 is 12.6. The third kappa shape index (κ3) is 2.55. The number of aromatic nitrogens is 2. The molecule has 0 bridgehead atoms. The molecule has 2 rings (SSSR count). The summed E-state index contributed by atoms with van der Waals surface area (Å²) in [6.45, 7) is 2.44. The Morgan fingerprint density at radius 1 is 1.25 bits per heavy atom. The molecule has 0 fully saturated rings. The van der Waals surface area contributed by atoms with E-state index in [9.17, 15) is 0 Å². The molecule has 5 nitrogen and oxygen atoms in total. The molecule has 0 radical (unpaired) electrons. The summed E-state index contributed by atoms with van der Waals surface area (Å²) in [7, 11) is 3.21. The number of nitrogens with zero attached hydrogens (tertiary/aromatic N) is 3. The molecule has 0 N–H and O–H groups in total. The minimum Gasteiger partial charge on any atom is -0.493 e. The van der Waals surface area contributed by atoms with Crippen molar-refractivity contribution in [2.45, 2.75) is 32.7 Å². The molecule has 5 heteroatoms. The third-order valence-corrected chi connectivity index (χ3v) is 3.32. The molecule has 106 valence electrons. The van der Waals surface area contributed by atoms with Crippen LogP contribution in [0, 0.1) is 11.3 Å². The Bertz CT molecular complexity index is 641. The van der Waals surface area contributed by atoms with Crippen LogP contribution in [0.4, 0.5) is 0 Å². The van der Waals surface area contributed by atoms with Crippen molar-refractivity contribution in [3.63, 3.8) is 0 Å². The van der Waals surface area contributed by atoms with Crippen LogP contribution in [0.15, 0.2) is 12.1 Å². The van der Waals surface area contributed by atoms with Gasteiger partial charge in [-0.05, 0) is 6.42 Å². The minimum absolute atomic E-state index is 0.297. The maximum Gasteiger partial charge on any atom is 0.163 e. The highest BCUT2D eigenvalue weighted by atomic mass is 16.5. The summed E-state index contributed by atoms with van der Waals surface area (Å²) in [5, 5.41) is 9.02. The lowest BCUT2D eigenvalue weighted by Crippen LogP contribution is -2.02. The zero-order chi connectivity index (χ0) is 14.5. The van der Waals surface area contributed by atoms with Crippen molar-refractivity contribution in [1.29, 1.82) is 5.26 Å². The molecule has 0 aliphatic rings. The summed E-state index contributed by atoms with van der Waals surface area (Å²) in [6.07, 6.45) is 3.03. The zero-order valence-electron chi connectivity index (χ0n) is 12.1. The van der Waals surface area contributed by atoms with Crippen LogP contribution < -0.4 is 9.47 Å². The summed E-state index contributed by atoms with van der Waals surface area (Å²) in [5.41, 5.74) is 1.75. The lowest BCUT2D eigenvalue weighted by molar-refractivity contribution is 0.355. The molecule has 20 heavy (non-hydrogen) atoms. The van der Waals surface area contributed by atoms with Crippen LogP contribution in [0.25, 0.3) is 11.0 Å². The smallest absolute Gasteiger partial charge is 0.163 e. The highest BCUT2D eigenvalue weighted by Crippen LogP contribution is 2.32. The fourth-order valence-corrected chi connectivity index (χ4v) is 2.27. The molecule has 2 aromatic rings. The molecule has 0 saturated heterocycles. The van der Waals surface area contributed by atoms with Crippen LogP contribution in [0.5, 0.6) is 11.5 Å². The zero-order valence-corrected chi connectivity index (χ0v) is 12.1. The molecule has 1 aromatic heterocycles. The number of imidazole rings is 1. The lowest BCUT2D eigenvalue weighted by Gasteiger charge is -2.08. The highest BCUT2D eigenvalue weighted by Gasteiger charge is 2.14. The monoisotopic (exact) mass is 273 g/mol.